The van der Waals surface area contributed by atoms with Gasteiger partial charge in [0.15, 0.2) is 0 Å². The Labute approximate surface area is 124 Å². The summed E-state index contributed by atoms with van der Waals surface area (Å²) in [5.41, 5.74) is 3.31. The van der Waals surface area contributed by atoms with Crippen LogP contribution in [0.5, 0.6) is 0 Å². The zero-order chi connectivity index (χ0) is 14.1. The van der Waals surface area contributed by atoms with Crippen LogP contribution < -0.4 is 5.32 Å². The maximum atomic E-state index is 6.37. The van der Waals surface area contributed by atoms with E-state index in [2.05, 4.69) is 53.3 Å². The van der Waals surface area contributed by atoms with E-state index in [1.807, 2.05) is 0 Å². The first-order chi connectivity index (χ1) is 9.67. The zero-order valence-corrected chi connectivity index (χ0v) is 12.7. The highest BCUT2D eigenvalue weighted by molar-refractivity contribution is 6.30. The van der Waals surface area contributed by atoms with Gasteiger partial charge in [0.1, 0.15) is 5.15 Å². The minimum Gasteiger partial charge on any atom is -0.314 e. The van der Waals surface area contributed by atoms with Gasteiger partial charge in [0.2, 0.25) is 0 Å². The van der Waals surface area contributed by atoms with Crippen molar-refractivity contribution in [2.75, 3.05) is 19.6 Å². The lowest BCUT2D eigenvalue weighted by Crippen LogP contribution is -2.56. The summed E-state index contributed by atoms with van der Waals surface area (Å²) in [5, 5.41) is 5.12. The third-order valence-corrected chi connectivity index (χ3v) is 4.38. The molecule has 106 valence electrons. The first kappa shape index (κ1) is 13.8. The normalized spacial score (nSPS) is 15.8. The molecule has 3 rings (SSSR count). The smallest absolute Gasteiger partial charge is 0.134 e. The number of hydrogen-bond donors (Lipinski definition) is 1. The molecular formula is C16H20ClN3. The first-order valence-electron chi connectivity index (χ1n) is 7.18. The van der Waals surface area contributed by atoms with Crippen molar-refractivity contribution in [3.8, 4) is 0 Å². The van der Waals surface area contributed by atoms with Gasteiger partial charge in [0.25, 0.3) is 0 Å². The number of nitrogens with zero attached hydrogens (tertiary/aromatic N) is 2. The fourth-order valence-corrected chi connectivity index (χ4v) is 2.86. The predicted molar refractivity (Wildman–Crippen MR) is 84.2 cm³/mol. The van der Waals surface area contributed by atoms with Crippen molar-refractivity contribution in [2.45, 2.75) is 26.4 Å². The van der Waals surface area contributed by atoms with Crippen LogP contribution in [0.15, 0.2) is 24.3 Å². The van der Waals surface area contributed by atoms with Gasteiger partial charge >= 0.3 is 0 Å². The molecule has 1 N–H and O–H groups in total. The summed E-state index contributed by atoms with van der Waals surface area (Å²) in [6, 6.07) is 9.13. The van der Waals surface area contributed by atoms with Gasteiger partial charge in [-0.05, 0) is 31.2 Å². The van der Waals surface area contributed by atoms with Crippen LogP contribution in [0.25, 0.3) is 10.9 Å². The Morgan fingerprint density at radius 1 is 1.35 bits per heavy atom. The van der Waals surface area contributed by atoms with E-state index in [0.717, 1.165) is 42.6 Å². The number of aromatic nitrogens is 1. The van der Waals surface area contributed by atoms with Gasteiger partial charge in [0.05, 0.1) is 5.52 Å². The molecular weight excluding hydrogens is 270 g/mol. The molecule has 1 aromatic carbocycles. The van der Waals surface area contributed by atoms with Gasteiger partial charge in [0, 0.05) is 36.6 Å². The molecule has 3 nitrogen and oxygen atoms in total. The van der Waals surface area contributed by atoms with Gasteiger partial charge in [-0.15, -0.1) is 0 Å². The minimum atomic E-state index is 0.629. The van der Waals surface area contributed by atoms with Crippen molar-refractivity contribution >= 4 is 22.5 Å². The molecule has 20 heavy (non-hydrogen) atoms. The Kier molecular flexibility index (Phi) is 3.92. The average Bonchev–Trinajstić information content (AvgIpc) is 2.36. The van der Waals surface area contributed by atoms with Crippen molar-refractivity contribution in [2.24, 2.45) is 0 Å². The van der Waals surface area contributed by atoms with Gasteiger partial charge in [-0.25, -0.2) is 4.98 Å². The molecule has 2 heterocycles. The van der Waals surface area contributed by atoms with E-state index >= 15 is 0 Å². The van der Waals surface area contributed by atoms with Crippen LogP contribution in [0.2, 0.25) is 5.15 Å². The molecule has 2 aromatic rings. The number of aryl methyl sites for hydroxylation is 1. The Morgan fingerprint density at radius 3 is 2.80 bits per heavy atom. The molecule has 0 radical (unpaired) electrons. The summed E-state index contributed by atoms with van der Waals surface area (Å²) in [6.45, 7) is 8.33. The average molecular weight is 290 g/mol. The maximum absolute atomic E-state index is 6.37. The zero-order valence-electron chi connectivity index (χ0n) is 12.0. The Morgan fingerprint density at radius 2 is 2.15 bits per heavy atom. The van der Waals surface area contributed by atoms with E-state index in [4.69, 9.17) is 11.6 Å². The highest BCUT2D eigenvalue weighted by Gasteiger charge is 2.24. The largest absolute Gasteiger partial charge is 0.314 e. The number of nitrogens with one attached hydrogen (secondary N) is 1. The van der Waals surface area contributed by atoms with E-state index in [1.54, 1.807) is 0 Å². The fourth-order valence-electron chi connectivity index (χ4n) is 2.66. The second kappa shape index (κ2) is 5.68. The molecule has 4 heteroatoms. The Hall–Kier alpha value is -1.16. The van der Waals surface area contributed by atoms with Crippen LogP contribution in [0.4, 0.5) is 0 Å². The molecule has 1 fully saturated rings. The summed E-state index contributed by atoms with van der Waals surface area (Å²) < 4.78 is 0. The molecule has 1 aliphatic heterocycles. The van der Waals surface area contributed by atoms with Crippen molar-refractivity contribution in [1.29, 1.82) is 0 Å². The van der Waals surface area contributed by atoms with Crippen LogP contribution in [0.3, 0.4) is 0 Å². The highest BCUT2D eigenvalue weighted by Crippen LogP contribution is 2.23. The van der Waals surface area contributed by atoms with Crippen LogP contribution in [-0.4, -0.2) is 35.6 Å². The van der Waals surface area contributed by atoms with Crippen LogP contribution in [0, 0.1) is 6.92 Å². The number of fused-ring (bicyclic) bond motifs is 1. The molecule has 1 aliphatic rings. The lowest BCUT2D eigenvalue weighted by atomic mass is 10.1. The van der Waals surface area contributed by atoms with Crippen molar-refractivity contribution in [3.63, 3.8) is 0 Å². The van der Waals surface area contributed by atoms with E-state index in [1.165, 1.54) is 5.56 Å². The predicted octanol–water partition coefficient (Wildman–Crippen LogP) is 2.99. The third kappa shape index (κ3) is 2.66. The third-order valence-electron chi connectivity index (χ3n) is 4.06. The summed E-state index contributed by atoms with van der Waals surface area (Å²) in [7, 11) is 0. The molecule has 0 unspecified atom stereocenters. The Balaban J connectivity index is 1.90. The van der Waals surface area contributed by atoms with Gasteiger partial charge in [-0.3, -0.25) is 4.90 Å². The van der Waals surface area contributed by atoms with E-state index in [-0.39, 0.29) is 0 Å². The number of rotatable bonds is 4. The van der Waals surface area contributed by atoms with Crippen LogP contribution in [-0.2, 0) is 6.54 Å². The number of pyridine rings is 1. The van der Waals surface area contributed by atoms with E-state index in [9.17, 15) is 0 Å². The molecule has 1 saturated heterocycles. The van der Waals surface area contributed by atoms with Crippen molar-refractivity contribution in [1.82, 2.24) is 15.2 Å². The van der Waals surface area contributed by atoms with Gasteiger partial charge in [-0.2, -0.15) is 0 Å². The first-order valence-corrected chi connectivity index (χ1v) is 7.55. The lowest BCUT2D eigenvalue weighted by Gasteiger charge is -2.37. The fraction of sp³-hybridized carbons (Fsp3) is 0.438. The lowest BCUT2D eigenvalue weighted by molar-refractivity contribution is 0.145. The number of halogens is 1. The van der Waals surface area contributed by atoms with E-state index in [0.29, 0.717) is 11.2 Å². The molecule has 0 spiro atoms. The van der Waals surface area contributed by atoms with Gasteiger partial charge in [-0.1, -0.05) is 30.7 Å². The summed E-state index contributed by atoms with van der Waals surface area (Å²) in [5.74, 6) is 0. The van der Waals surface area contributed by atoms with Crippen LogP contribution >= 0.6 is 11.6 Å². The molecule has 0 bridgehead atoms. The quantitative estimate of drug-likeness (QED) is 0.877. The standard InChI is InChI=1S/C16H20ClN3/c1-3-20(14-8-18-9-14)10-13-7-12-5-4-11(2)6-15(12)19-16(13)17/h4-7,14,18H,3,8-10H2,1-2H3. The highest BCUT2D eigenvalue weighted by atomic mass is 35.5. The second-order valence-corrected chi connectivity index (χ2v) is 5.87. The molecule has 0 aliphatic carbocycles. The SMILES string of the molecule is CCN(Cc1cc2ccc(C)cc2nc1Cl)C1CNC1. The minimum absolute atomic E-state index is 0.629. The topological polar surface area (TPSA) is 28.2 Å². The van der Waals surface area contributed by atoms with E-state index < -0.39 is 0 Å². The summed E-state index contributed by atoms with van der Waals surface area (Å²) in [6.07, 6.45) is 0. The Bertz CT molecular complexity index is 622. The van der Waals surface area contributed by atoms with Crippen LogP contribution in [0.1, 0.15) is 18.1 Å². The summed E-state index contributed by atoms with van der Waals surface area (Å²) in [4.78, 5) is 7.01. The number of likely N-dealkylation sites (N-methyl/N-ethyl adjacent to an activating group) is 1. The van der Waals surface area contributed by atoms with Crippen molar-refractivity contribution in [3.05, 3.63) is 40.5 Å². The molecule has 0 atom stereocenters. The molecule has 1 aromatic heterocycles. The van der Waals surface area contributed by atoms with Gasteiger partial charge < -0.3 is 5.32 Å². The number of benzene rings is 1. The van der Waals surface area contributed by atoms with Crippen molar-refractivity contribution < 1.29 is 0 Å². The maximum Gasteiger partial charge on any atom is 0.134 e. The monoisotopic (exact) mass is 289 g/mol. The number of hydrogen-bond acceptors (Lipinski definition) is 3. The molecule has 0 amide bonds. The summed E-state index contributed by atoms with van der Waals surface area (Å²) >= 11 is 6.37. The second-order valence-electron chi connectivity index (χ2n) is 5.51. The molecule has 0 saturated carbocycles.